The molecule has 1 fully saturated rings. The molecular formula is C22H18F4N4O2. The van der Waals surface area contributed by atoms with Gasteiger partial charge in [0.05, 0.1) is 5.56 Å². The highest BCUT2D eigenvalue weighted by molar-refractivity contribution is 5.95. The van der Waals surface area contributed by atoms with Gasteiger partial charge in [0, 0.05) is 37.9 Å². The van der Waals surface area contributed by atoms with Crippen molar-refractivity contribution in [3.05, 3.63) is 83.4 Å². The Hall–Kier alpha value is -3.69. The fraction of sp³-hybridized carbons (Fsp3) is 0.227. The van der Waals surface area contributed by atoms with Crippen molar-refractivity contribution < 1.29 is 27.2 Å². The smallest absolute Gasteiger partial charge is 0.335 e. The van der Waals surface area contributed by atoms with Gasteiger partial charge in [0.2, 0.25) is 0 Å². The molecule has 1 aliphatic heterocycles. The van der Waals surface area contributed by atoms with Crippen LogP contribution in [-0.2, 0) is 6.18 Å². The molecule has 6 nitrogen and oxygen atoms in total. The summed E-state index contributed by atoms with van der Waals surface area (Å²) in [4.78, 5) is 28.3. The Morgan fingerprint density at radius 2 is 1.50 bits per heavy atom. The van der Waals surface area contributed by atoms with E-state index < -0.39 is 23.5 Å². The maximum Gasteiger partial charge on any atom is 0.416 e. The molecule has 1 aromatic heterocycles. The zero-order valence-electron chi connectivity index (χ0n) is 16.7. The van der Waals surface area contributed by atoms with E-state index in [2.05, 4.69) is 5.10 Å². The number of aromatic nitrogens is 2. The van der Waals surface area contributed by atoms with E-state index in [9.17, 15) is 27.2 Å². The number of halogens is 4. The minimum absolute atomic E-state index is 0.0526. The van der Waals surface area contributed by atoms with Gasteiger partial charge in [-0.25, -0.2) is 9.07 Å². The van der Waals surface area contributed by atoms with E-state index >= 15 is 0 Å². The quantitative estimate of drug-likeness (QED) is 0.578. The maximum atomic E-state index is 13.9. The van der Waals surface area contributed by atoms with Crippen molar-refractivity contribution in [2.45, 2.75) is 6.18 Å². The minimum Gasteiger partial charge on any atom is -0.335 e. The molecule has 0 spiro atoms. The molecule has 2 amide bonds. The summed E-state index contributed by atoms with van der Waals surface area (Å²) in [5, 5.41) is 4.15. The van der Waals surface area contributed by atoms with Crippen molar-refractivity contribution in [2.75, 3.05) is 26.2 Å². The Balaban J connectivity index is 1.40. The van der Waals surface area contributed by atoms with Gasteiger partial charge in [0.1, 0.15) is 11.5 Å². The molecule has 0 saturated carbocycles. The predicted molar refractivity (Wildman–Crippen MR) is 107 cm³/mol. The number of carbonyl (C=O) groups is 2. The van der Waals surface area contributed by atoms with E-state index in [0.717, 1.165) is 12.1 Å². The fourth-order valence-electron chi connectivity index (χ4n) is 3.50. The fourth-order valence-corrected chi connectivity index (χ4v) is 3.50. The van der Waals surface area contributed by atoms with Crippen LogP contribution < -0.4 is 0 Å². The van der Waals surface area contributed by atoms with Gasteiger partial charge in [-0.2, -0.15) is 18.3 Å². The second-order valence-corrected chi connectivity index (χ2v) is 7.26. The molecule has 1 aliphatic rings. The van der Waals surface area contributed by atoms with Gasteiger partial charge >= 0.3 is 6.18 Å². The van der Waals surface area contributed by atoms with Crippen LogP contribution in [0.1, 0.15) is 26.4 Å². The molecule has 10 heteroatoms. The number of hydrogen-bond acceptors (Lipinski definition) is 3. The highest BCUT2D eigenvalue weighted by atomic mass is 19.4. The van der Waals surface area contributed by atoms with Gasteiger partial charge in [0.15, 0.2) is 5.69 Å². The lowest BCUT2D eigenvalue weighted by molar-refractivity contribution is -0.137. The van der Waals surface area contributed by atoms with Crippen LogP contribution in [0.4, 0.5) is 17.6 Å². The first-order valence-corrected chi connectivity index (χ1v) is 9.80. The van der Waals surface area contributed by atoms with Crippen LogP contribution in [-0.4, -0.2) is 57.6 Å². The van der Waals surface area contributed by atoms with Gasteiger partial charge in [0.25, 0.3) is 11.8 Å². The zero-order chi connectivity index (χ0) is 22.9. The number of alkyl halides is 3. The molecule has 0 bridgehead atoms. The second-order valence-electron chi connectivity index (χ2n) is 7.26. The predicted octanol–water partition coefficient (Wildman–Crippen LogP) is 3.63. The van der Waals surface area contributed by atoms with Crippen molar-refractivity contribution in [2.24, 2.45) is 0 Å². The maximum absolute atomic E-state index is 13.9. The summed E-state index contributed by atoms with van der Waals surface area (Å²) in [7, 11) is 0. The highest BCUT2D eigenvalue weighted by Gasteiger charge is 2.32. The van der Waals surface area contributed by atoms with Gasteiger partial charge < -0.3 is 9.80 Å². The third-order valence-electron chi connectivity index (χ3n) is 5.20. The molecule has 2 heterocycles. The van der Waals surface area contributed by atoms with Gasteiger partial charge in [-0.15, -0.1) is 0 Å². The number of rotatable bonds is 3. The van der Waals surface area contributed by atoms with Crippen LogP contribution in [0.15, 0.2) is 60.8 Å². The number of piperazine rings is 1. The van der Waals surface area contributed by atoms with Crippen molar-refractivity contribution >= 4 is 11.8 Å². The van der Waals surface area contributed by atoms with Crippen LogP contribution >= 0.6 is 0 Å². The molecule has 1 saturated heterocycles. The third kappa shape index (κ3) is 4.34. The Bertz CT molecular complexity index is 1150. The van der Waals surface area contributed by atoms with Crippen molar-refractivity contribution in [1.82, 2.24) is 19.6 Å². The van der Waals surface area contributed by atoms with Crippen LogP contribution in [0.5, 0.6) is 0 Å². The molecule has 0 aliphatic carbocycles. The summed E-state index contributed by atoms with van der Waals surface area (Å²) in [6.07, 6.45) is -3.05. The van der Waals surface area contributed by atoms with E-state index in [0.29, 0.717) is 0 Å². The summed E-state index contributed by atoms with van der Waals surface area (Å²) >= 11 is 0. The average Bonchev–Trinajstić information content (AvgIpc) is 3.28. The molecule has 32 heavy (non-hydrogen) atoms. The second kappa shape index (κ2) is 8.45. The first kappa shape index (κ1) is 21.5. The summed E-state index contributed by atoms with van der Waals surface area (Å²) in [6.45, 7) is 0.760. The Labute approximate surface area is 180 Å². The molecule has 2 aromatic carbocycles. The molecule has 4 rings (SSSR count). The van der Waals surface area contributed by atoms with Crippen molar-refractivity contribution in [3.63, 3.8) is 0 Å². The number of carbonyl (C=O) groups excluding carboxylic acids is 2. The zero-order valence-corrected chi connectivity index (χ0v) is 16.7. The first-order valence-electron chi connectivity index (χ1n) is 9.80. The summed E-state index contributed by atoms with van der Waals surface area (Å²) < 4.78 is 53.9. The van der Waals surface area contributed by atoms with Crippen LogP contribution in [0, 0.1) is 5.82 Å². The van der Waals surface area contributed by atoms with E-state index in [1.54, 1.807) is 12.1 Å². The third-order valence-corrected chi connectivity index (χ3v) is 5.20. The number of para-hydroxylation sites is 1. The molecule has 3 aromatic rings. The minimum atomic E-state index is -4.53. The van der Waals surface area contributed by atoms with E-state index in [4.69, 9.17) is 0 Å². The normalized spacial score (nSPS) is 14.5. The van der Waals surface area contributed by atoms with E-state index in [-0.39, 0.29) is 49.0 Å². The van der Waals surface area contributed by atoms with Crippen LogP contribution in [0.2, 0.25) is 0 Å². The number of benzene rings is 2. The SMILES string of the molecule is O=C(c1cccc(C(F)(F)F)c1)N1CCN(C(=O)c2ccn(-c3ccccc3F)n2)CC1. The summed E-state index contributed by atoms with van der Waals surface area (Å²) in [5.74, 6) is -1.37. The molecule has 0 atom stereocenters. The molecule has 0 radical (unpaired) electrons. The molecule has 0 unspecified atom stereocenters. The lowest BCUT2D eigenvalue weighted by Gasteiger charge is -2.34. The lowest BCUT2D eigenvalue weighted by atomic mass is 10.1. The molecule has 166 valence electrons. The van der Waals surface area contributed by atoms with Crippen molar-refractivity contribution in [1.29, 1.82) is 0 Å². The average molecular weight is 446 g/mol. The van der Waals surface area contributed by atoms with E-state index in [1.165, 1.54) is 51.0 Å². The Kier molecular flexibility index (Phi) is 5.68. The van der Waals surface area contributed by atoms with Crippen molar-refractivity contribution in [3.8, 4) is 5.69 Å². The van der Waals surface area contributed by atoms with Crippen LogP contribution in [0.25, 0.3) is 5.69 Å². The lowest BCUT2D eigenvalue weighted by Crippen LogP contribution is -2.50. The topological polar surface area (TPSA) is 58.4 Å². The first-order chi connectivity index (χ1) is 15.2. The van der Waals surface area contributed by atoms with E-state index in [1.807, 2.05) is 0 Å². The number of hydrogen-bond donors (Lipinski definition) is 0. The summed E-state index contributed by atoms with van der Waals surface area (Å²) in [6, 6.07) is 11.8. The molecular weight excluding hydrogens is 428 g/mol. The highest BCUT2D eigenvalue weighted by Crippen LogP contribution is 2.29. The molecule has 0 N–H and O–H groups in total. The largest absolute Gasteiger partial charge is 0.416 e. The van der Waals surface area contributed by atoms with Crippen LogP contribution in [0.3, 0.4) is 0 Å². The monoisotopic (exact) mass is 446 g/mol. The van der Waals surface area contributed by atoms with Gasteiger partial charge in [-0.05, 0) is 36.4 Å². The summed E-state index contributed by atoms with van der Waals surface area (Å²) in [5.41, 5.74) is -0.597. The number of nitrogens with zero attached hydrogens (tertiary/aromatic N) is 4. The number of amides is 2. The van der Waals surface area contributed by atoms with Gasteiger partial charge in [-0.3, -0.25) is 9.59 Å². The standard InChI is InChI=1S/C22H18F4N4O2/c23-17-6-1-2-7-19(17)30-9-8-18(27-30)21(32)29-12-10-28(11-13-29)20(31)15-4-3-5-16(14-15)22(24,25)26/h1-9,14H,10-13H2. The Morgan fingerprint density at radius 1 is 0.844 bits per heavy atom. The van der Waals surface area contributed by atoms with Gasteiger partial charge in [-0.1, -0.05) is 18.2 Å². The Morgan fingerprint density at radius 3 is 2.16 bits per heavy atom.